The maximum Gasteiger partial charge on any atom is 0.238 e. The van der Waals surface area contributed by atoms with E-state index in [0.29, 0.717) is 13.0 Å². The minimum absolute atomic E-state index is 0.0592. The van der Waals surface area contributed by atoms with Crippen LogP contribution in [0.3, 0.4) is 0 Å². The number of carbonyl (C=O) groups is 1. The molecule has 110 valence electrons. The summed E-state index contributed by atoms with van der Waals surface area (Å²) in [6.45, 7) is 3.15. The number of aliphatic hydroxyl groups excluding tert-OH is 1. The van der Waals surface area contributed by atoms with E-state index in [1.54, 1.807) is 0 Å². The highest BCUT2D eigenvalue weighted by Crippen LogP contribution is 2.11. The van der Waals surface area contributed by atoms with Gasteiger partial charge in [0.05, 0.1) is 25.7 Å². The van der Waals surface area contributed by atoms with Crippen molar-refractivity contribution in [1.82, 2.24) is 10.3 Å². The van der Waals surface area contributed by atoms with Crippen LogP contribution in [-0.4, -0.2) is 48.3 Å². The Bertz CT molecular complexity index is 436. The number of hydrogen-bond donors (Lipinski definition) is 3. The molecule has 1 aliphatic heterocycles. The van der Waals surface area contributed by atoms with Crippen molar-refractivity contribution >= 4 is 5.91 Å². The Balaban J connectivity index is 1.88. The summed E-state index contributed by atoms with van der Waals surface area (Å²) >= 11 is 0. The molecule has 1 atom stereocenters. The lowest BCUT2D eigenvalue weighted by Crippen LogP contribution is -2.43. The molecule has 0 saturated carbocycles. The zero-order valence-electron chi connectivity index (χ0n) is 11.4. The fourth-order valence-electron chi connectivity index (χ4n) is 2.29. The number of benzene rings is 1. The topological polar surface area (TPSA) is 87.8 Å². The first kappa shape index (κ1) is 14.9. The number of hydrogen-bond acceptors (Lipinski definition) is 5. The smallest absolute Gasteiger partial charge is 0.238 e. The second-order valence-electron chi connectivity index (χ2n) is 4.97. The van der Waals surface area contributed by atoms with Gasteiger partial charge in [-0.15, -0.1) is 0 Å². The highest BCUT2D eigenvalue weighted by molar-refractivity contribution is 5.77. The Labute approximate surface area is 118 Å². The molecule has 1 fully saturated rings. The Hall–Kier alpha value is -1.47. The van der Waals surface area contributed by atoms with Crippen molar-refractivity contribution < 1.29 is 14.6 Å². The lowest BCUT2D eigenvalue weighted by Gasteiger charge is -2.32. The zero-order valence-corrected chi connectivity index (χ0v) is 11.4. The minimum atomic E-state index is -0.197. The van der Waals surface area contributed by atoms with Crippen LogP contribution in [0.4, 0.5) is 0 Å². The number of carbonyl (C=O) groups excluding carboxylic acids is 1. The van der Waals surface area contributed by atoms with Crippen LogP contribution in [0.25, 0.3) is 0 Å². The zero-order chi connectivity index (χ0) is 14.4. The molecule has 0 radical (unpaired) electrons. The molecular weight excluding hydrogens is 258 g/mol. The lowest BCUT2D eigenvalue weighted by molar-refractivity contribution is -0.120. The van der Waals surface area contributed by atoms with Crippen molar-refractivity contribution in [2.45, 2.75) is 19.1 Å². The first-order valence-corrected chi connectivity index (χ1v) is 6.73. The SMILES string of the molecule is NNC(=O)Cc1ccc(CN2CCOC(CO)C2)cc1. The van der Waals surface area contributed by atoms with Gasteiger partial charge in [-0.05, 0) is 11.1 Å². The highest BCUT2D eigenvalue weighted by atomic mass is 16.5. The summed E-state index contributed by atoms with van der Waals surface area (Å²) < 4.78 is 5.42. The number of amides is 1. The standard InChI is InChI=1S/C14H21N3O3/c15-16-14(19)7-11-1-3-12(4-2-11)8-17-5-6-20-13(9-17)10-18/h1-4,13,18H,5-10,15H2,(H,16,19). The van der Waals surface area contributed by atoms with Crippen LogP contribution in [0.1, 0.15) is 11.1 Å². The molecule has 1 heterocycles. The van der Waals surface area contributed by atoms with E-state index in [0.717, 1.165) is 25.2 Å². The van der Waals surface area contributed by atoms with E-state index in [9.17, 15) is 4.79 Å². The highest BCUT2D eigenvalue weighted by Gasteiger charge is 2.19. The molecule has 1 aromatic rings. The number of rotatable bonds is 5. The van der Waals surface area contributed by atoms with E-state index < -0.39 is 0 Å². The summed E-state index contributed by atoms with van der Waals surface area (Å²) in [5, 5.41) is 9.12. The molecule has 4 N–H and O–H groups in total. The van der Waals surface area contributed by atoms with Gasteiger partial charge < -0.3 is 9.84 Å². The Morgan fingerprint density at radius 1 is 1.40 bits per heavy atom. The minimum Gasteiger partial charge on any atom is -0.394 e. The Kier molecular flexibility index (Phi) is 5.49. The third-order valence-electron chi connectivity index (χ3n) is 3.38. The van der Waals surface area contributed by atoms with Gasteiger partial charge in [0.1, 0.15) is 0 Å². The fourth-order valence-corrected chi connectivity index (χ4v) is 2.29. The van der Waals surface area contributed by atoms with Crippen LogP contribution >= 0.6 is 0 Å². The van der Waals surface area contributed by atoms with Gasteiger partial charge in [-0.2, -0.15) is 0 Å². The van der Waals surface area contributed by atoms with E-state index in [1.807, 2.05) is 24.3 Å². The molecule has 2 rings (SSSR count). The first-order chi connectivity index (χ1) is 9.71. The summed E-state index contributed by atoms with van der Waals surface area (Å²) in [5.74, 6) is 4.86. The molecule has 20 heavy (non-hydrogen) atoms. The summed E-state index contributed by atoms with van der Waals surface area (Å²) in [5.41, 5.74) is 4.24. The van der Waals surface area contributed by atoms with Gasteiger partial charge in [0.2, 0.25) is 5.91 Å². The predicted molar refractivity (Wildman–Crippen MR) is 74.6 cm³/mol. The number of ether oxygens (including phenoxy) is 1. The summed E-state index contributed by atoms with van der Waals surface area (Å²) in [4.78, 5) is 13.4. The predicted octanol–water partition coefficient (Wildman–Crippen LogP) is -0.588. The van der Waals surface area contributed by atoms with Crippen molar-refractivity contribution in [3.05, 3.63) is 35.4 Å². The van der Waals surface area contributed by atoms with E-state index in [4.69, 9.17) is 15.7 Å². The Morgan fingerprint density at radius 3 is 2.75 bits per heavy atom. The van der Waals surface area contributed by atoms with Crippen LogP contribution in [0.15, 0.2) is 24.3 Å². The number of nitrogens with two attached hydrogens (primary N) is 1. The van der Waals surface area contributed by atoms with Gasteiger partial charge in [0, 0.05) is 19.6 Å². The largest absolute Gasteiger partial charge is 0.394 e. The van der Waals surface area contributed by atoms with Crippen LogP contribution in [0, 0.1) is 0 Å². The fraction of sp³-hybridized carbons (Fsp3) is 0.500. The third kappa shape index (κ3) is 4.28. The Morgan fingerprint density at radius 2 is 2.10 bits per heavy atom. The molecule has 1 saturated heterocycles. The van der Waals surface area contributed by atoms with E-state index in [1.165, 1.54) is 5.56 Å². The van der Waals surface area contributed by atoms with Crippen LogP contribution in [0.2, 0.25) is 0 Å². The average Bonchev–Trinajstić information content (AvgIpc) is 2.49. The maximum absolute atomic E-state index is 11.2. The molecule has 6 nitrogen and oxygen atoms in total. The molecule has 0 bridgehead atoms. The van der Waals surface area contributed by atoms with Crippen molar-refractivity contribution in [2.75, 3.05) is 26.3 Å². The molecule has 0 spiro atoms. The molecular formula is C14H21N3O3. The molecule has 1 unspecified atom stereocenters. The molecule has 6 heteroatoms. The molecule has 1 aromatic carbocycles. The van der Waals surface area contributed by atoms with Crippen molar-refractivity contribution in [1.29, 1.82) is 0 Å². The van der Waals surface area contributed by atoms with E-state index >= 15 is 0 Å². The van der Waals surface area contributed by atoms with Crippen LogP contribution < -0.4 is 11.3 Å². The number of morpholine rings is 1. The number of hydrazine groups is 1. The normalized spacial score (nSPS) is 19.8. The lowest BCUT2D eigenvalue weighted by atomic mass is 10.1. The van der Waals surface area contributed by atoms with Gasteiger partial charge in [-0.25, -0.2) is 5.84 Å². The second-order valence-corrected chi connectivity index (χ2v) is 4.97. The second kappa shape index (κ2) is 7.35. The number of nitrogens with zero attached hydrogens (tertiary/aromatic N) is 1. The first-order valence-electron chi connectivity index (χ1n) is 6.73. The number of aliphatic hydroxyl groups is 1. The van der Waals surface area contributed by atoms with Gasteiger partial charge >= 0.3 is 0 Å². The van der Waals surface area contributed by atoms with Crippen molar-refractivity contribution in [3.63, 3.8) is 0 Å². The van der Waals surface area contributed by atoms with E-state index in [2.05, 4.69) is 10.3 Å². The van der Waals surface area contributed by atoms with Crippen molar-refractivity contribution in [3.8, 4) is 0 Å². The summed E-state index contributed by atoms with van der Waals surface area (Å²) in [7, 11) is 0. The quantitative estimate of drug-likeness (QED) is 0.381. The van der Waals surface area contributed by atoms with Gasteiger partial charge in [-0.1, -0.05) is 24.3 Å². The molecule has 0 aliphatic carbocycles. The summed E-state index contributed by atoms with van der Waals surface area (Å²) in [6, 6.07) is 7.91. The van der Waals surface area contributed by atoms with Crippen LogP contribution in [-0.2, 0) is 22.5 Å². The maximum atomic E-state index is 11.2. The molecule has 1 amide bonds. The van der Waals surface area contributed by atoms with E-state index in [-0.39, 0.29) is 18.6 Å². The third-order valence-corrected chi connectivity index (χ3v) is 3.38. The van der Waals surface area contributed by atoms with Crippen LogP contribution in [0.5, 0.6) is 0 Å². The van der Waals surface area contributed by atoms with Gasteiger partial charge in [-0.3, -0.25) is 15.1 Å². The van der Waals surface area contributed by atoms with Gasteiger partial charge in [0.25, 0.3) is 0 Å². The molecule has 0 aromatic heterocycles. The average molecular weight is 279 g/mol. The van der Waals surface area contributed by atoms with Gasteiger partial charge in [0.15, 0.2) is 0 Å². The van der Waals surface area contributed by atoms with Crippen molar-refractivity contribution in [2.24, 2.45) is 5.84 Å². The molecule has 1 aliphatic rings. The summed E-state index contributed by atoms with van der Waals surface area (Å²) in [6.07, 6.45) is 0.206. The monoisotopic (exact) mass is 279 g/mol. The number of nitrogens with one attached hydrogen (secondary N) is 1.